The van der Waals surface area contributed by atoms with Crippen LogP contribution in [-0.4, -0.2) is 55.9 Å². The molecule has 110 valence electrons. The molecule has 0 radical (unpaired) electrons. The standard InChI is InChI=1S/C14H21N3O2S/c1-11(18)12-9-13(20-10-12)14(19)16-3-2-6-17-7-4-15-5-8-17/h9-10,15H,2-8H2,1H3,(H,16,19). The van der Waals surface area contributed by atoms with E-state index in [1.54, 1.807) is 11.4 Å². The summed E-state index contributed by atoms with van der Waals surface area (Å²) in [6, 6.07) is 1.67. The fraction of sp³-hybridized carbons (Fsp3) is 0.571. The maximum absolute atomic E-state index is 11.9. The molecule has 1 aromatic heterocycles. The summed E-state index contributed by atoms with van der Waals surface area (Å²) in [5.41, 5.74) is 0.612. The van der Waals surface area contributed by atoms with E-state index in [-0.39, 0.29) is 11.7 Å². The SMILES string of the molecule is CC(=O)c1csc(C(=O)NCCCN2CCNCC2)c1. The minimum Gasteiger partial charge on any atom is -0.351 e. The van der Waals surface area contributed by atoms with Crippen LogP contribution in [0.1, 0.15) is 33.4 Å². The van der Waals surface area contributed by atoms with Crippen LogP contribution >= 0.6 is 11.3 Å². The van der Waals surface area contributed by atoms with E-state index in [9.17, 15) is 9.59 Å². The third kappa shape index (κ3) is 4.40. The van der Waals surface area contributed by atoms with Crippen molar-refractivity contribution >= 4 is 23.0 Å². The maximum Gasteiger partial charge on any atom is 0.261 e. The van der Waals surface area contributed by atoms with Gasteiger partial charge in [0, 0.05) is 43.7 Å². The van der Waals surface area contributed by atoms with Gasteiger partial charge in [-0.3, -0.25) is 9.59 Å². The lowest BCUT2D eigenvalue weighted by Gasteiger charge is -2.27. The summed E-state index contributed by atoms with van der Waals surface area (Å²) in [7, 11) is 0. The van der Waals surface area contributed by atoms with Crippen molar-refractivity contribution < 1.29 is 9.59 Å². The average Bonchev–Trinajstić information content (AvgIpc) is 2.94. The van der Waals surface area contributed by atoms with Gasteiger partial charge < -0.3 is 15.5 Å². The Kier molecular flexibility index (Phi) is 5.70. The zero-order valence-electron chi connectivity index (χ0n) is 11.8. The molecule has 0 bridgehead atoms. The van der Waals surface area contributed by atoms with E-state index in [0.717, 1.165) is 39.1 Å². The molecule has 1 fully saturated rings. The van der Waals surface area contributed by atoms with Gasteiger partial charge >= 0.3 is 0 Å². The molecule has 0 saturated carbocycles. The van der Waals surface area contributed by atoms with Crippen molar-refractivity contribution in [1.82, 2.24) is 15.5 Å². The number of rotatable bonds is 6. The van der Waals surface area contributed by atoms with E-state index in [0.29, 0.717) is 17.0 Å². The molecule has 0 aromatic carbocycles. The summed E-state index contributed by atoms with van der Waals surface area (Å²) in [6.45, 7) is 7.48. The first kappa shape index (κ1) is 15.2. The van der Waals surface area contributed by atoms with Crippen LogP contribution in [0.4, 0.5) is 0 Å². The van der Waals surface area contributed by atoms with Crippen LogP contribution in [0.2, 0.25) is 0 Å². The third-order valence-electron chi connectivity index (χ3n) is 3.38. The van der Waals surface area contributed by atoms with Crippen LogP contribution in [0.3, 0.4) is 0 Å². The normalized spacial score (nSPS) is 16.1. The molecule has 0 aliphatic carbocycles. The molecule has 2 rings (SSSR count). The van der Waals surface area contributed by atoms with Crippen LogP contribution in [-0.2, 0) is 0 Å². The van der Waals surface area contributed by atoms with Crippen molar-refractivity contribution in [2.45, 2.75) is 13.3 Å². The van der Waals surface area contributed by atoms with Crippen LogP contribution in [0.15, 0.2) is 11.4 Å². The molecule has 6 heteroatoms. The maximum atomic E-state index is 11.9. The Morgan fingerprint density at radius 2 is 2.15 bits per heavy atom. The van der Waals surface area contributed by atoms with Gasteiger partial charge in [-0.2, -0.15) is 0 Å². The third-order valence-corrected chi connectivity index (χ3v) is 4.31. The largest absolute Gasteiger partial charge is 0.351 e. The molecule has 1 amide bonds. The lowest BCUT2D eigenvalue weighted by atomic mass is 10.2. The van der Waals surface area contributed by atoms with Gasteiger partial charge in [-0.05, 0) is 26.0 Å². The van der Waals surface area contributed by atoms with Crippen LogP contribution in [0, 0.1) is 0 Å². The lowest BCUT2D eigenvalue weighted by Crippen LogP contribution is -2.44. The predicted molar refractivity (Wildman–Crippen MR) is 80.6 cm³/mol. The second-order valence-corrected chi connectivity index (χ2v) is 5.87. The highest BCUT2D eigenvalue weighted by Gasteiger charge is 2.11. The monoisotopic (exact) mass is 295 g/mol. The topological polar surface area (TPSA) is 61.4 Å². The molecule has 0 atom stereocenters. The zero-order chi connectivity index (χ0) is 14.4. The second-order valence-electron chi connectivity index (χ2n) is 4.96. The van der Waals surface area contributed by atoms with Crippen LogP contribution in [0.25, 0.3) is 0 Å². The first-order valence-electron chi connectivity index (χ1n) is 6.97. The van der Waals surface area contributed by atoms with Crippen molar-refractivity contribution in [2.75, 3.05) is 39.3 Å². The quantitative estimate of drug-likeness (QED) is 0.606. The fourth-order valence-electron chi connectivity index (χ4n) is 2.17. The molecule has 20 heavy (non-hydrogen) atoms. The first-order chi connectivity index (χ1) is 9.66. The van der Waals surface area contributed by atoms with Crippen LogP contribution < -0.4 is 10.6 Å². The number of hydrogen-bond acceptors (Lipinski definition) is 5. The van der Waals surface area contributed by atoms with Crippen LogP contribution in [0.5, 0.6) is 0 Å². The lowest BCUT2D eigenvalue weighted by molar-refractivity contribution is 0.0955. The number of piperazine rings is 1. The Balaban J connectivity index is 1.67. The summed E-state index contributed by atoms with van der Waals surface area (Å²) in [5.74, 6) is -0.0816. The molecule has 2 N–H and O–H groups in total. The second kappa shape index (κ2) is 7.52. The van der Waals surface area contributed by atoms with Gasteiger partial charge in [-0.25, -0.2) is 0 Å². The number of nitrogens with one attached hydrogen (secondary N) is 2. The Bertz CT molecular complexity index is 467. The van der Waals surface area contributed by atoms with Crippen molar-refractivity contribution in [2.24, 2.45) is 0 Å². The molecule has 1 aromatic rings. The van der Waals surface area contributed by atoms with Crippen molar-refractivity contribution in [3.05, 3.63) is 21.9 Å². The van der Waals surface area contributed by atoms with Gasteiger partial charge in [-0.1, -0.05) is 0 Å². The number of nitrogens with zero attached hydrogens (tertiary/aromatic N) is 1. The highest BCUT2D eigenvalue weighted by Crippen LogP contribution is 2.14. The molecule has 2 heterocycles. The summed E-state index contributed by atoms with van der Waals surface area (Å²) >= 11 is 1.32. The van der Waals surface area contributed by atoms with E-state index in [4.69, 9.17) is 0 Å². The van der Waals surface area contributed by atoms with Crippen molar-refractivity contribution in [3.8, 4) is 0 Å². The minimum absolute atomic E-state index is 0.000919. The Hall–Kier alpha value is -1.24. The summed E-state index contributed by atoms with van der Waals surface area (Å²) in [5, 5.41) is 7.96. The molecule has 0 spiro atoms. The fourth-order valence-corrected chi connectivity index (χ4v) is 3.03. The molecular formula is C14H21N3O2S. The molecular weight excluding hydrogens is 274 g/mol. The van der Waals surface area contributed by atoms with Gasteiger partial charge in [-0.15, -0.1) is 11.3 Å². The Morgan fingerprint density at radius 1 is 1.40 bits per heavy atom. The van der Waals surface area contributed by atoms with Gasteiger partial charge in [0.05, 0.1) is 4.88 Å². The number of carbonyl (C=O) groups is 2. The van der Waals surface area contributed by atoms with E-state index in [2.05, 4.69) is 15.5 Å². The molecule has 1 aliphatic rings. The molecule has 0 unspecified atom stereocenters. The smallest absolute Gasteiger partial charge is 0.261 e. The van der Waals surface area contributed by atoms with Gasteiger partial charge in [0.15, 0.2) is 5.78 Å². The van der Waals surface area contributed by atoms with E-state index in [1.807, 2.05) is 0 Å². The summed E-state index contributed by atoms with van der Waals surface area (Å²) < 4.78 is 0. The number of ketones is 1. The van der Waals surface area contributed by atoms with Gasteiger partial charge in [0.2, 0.25) is 0 Å². The highest BCUT2D eigenvalue weighted by atomic mass is 32.1. The molecule has 1 aliphatic heterocycles. The number of Topliss-reactive ketones (excluding diaryl/α,β-unsaturated/α-hetero) is 1. The first-order valence-corrected chi connectivity index (χ1v) is 7.85. The summed E-state index contributed by atoms with van der Waals surface area (Å²) in [6.07, 6.45) is 0.955. The average molecular weight is 295 g/mol. The molecule has 1 saturated heterocycles. The number of hydrogen-bond donors (Lipinski definition) is 2. The predicted octanol–water partition coefficient (Wildman–Crippen LogP) is 0.976. The number of amides is 1. The minimum atomic E-state index is -0.0807. The highest BCUT2D eigenvalue weighted by molar-refractivity contribution is 7.12. The van der Waals surface area contributed by atoms with Crippen molar-refractivity contribution in [1.29, 1.82) is 0 Å². The number of carbonyl (C=O) groups excluding carboxylic acids is 2. The van der Waals surface area contributed by atoms with E-state index < -0.39 is 0 Å². The Morgan fingerprint density at radius 3 is 2.80 bits per heavy atom. The molecule has 5 nitrogen and oxygen atoms in total. The van der Waals surface area contributed by atoms with Crippen molar-refractivity contribution in [3.63, 3.8) is 0 Å². The number of thiophene rings is 1. The zero-order valence-corrected chi connectivity index (χ0v) is 12.6. The van der Waals surface area contributed by atoms with E-state index >= 15 is 0 Å². The Labute approximate surface area is 123 Å². The summed E-state index contributed by atoms with van der Waals surface area (Å²) in [4.78, 5) is 26.1. The van der Waals surface area contributed by atoms with E-state index in [1.165, 1.54) is 18.3 Å². The van der Waals surface area contributed by atoms with Gasteiger partial charge in [0.25, 0.3) is 5.91 Å². The van der Waals surface area contributed by atoms with Gasteiger partial charge in [0.1, 0.15) is 0 Å².